The van der Waals surface area contributed by atoms with Crippen LogP contribution in [-0.2, 0) is 7.05 Å². The van der Waals surface area contributed by atoms with Gasteiger partial charge in [0.05, 0.1) is 6.20 Å². The standard InChI is InChI=1S/C24H32N6/c1-18(2)15-29-7-9-30(10-8-29)16-19(3)27-24-12-22-11-20(5-6-21(22)13-25-24)23-14-26-28(4)17-23/h5-6,11-14,17-18H,3,7-10,15-16H2,1-2,4H3,(H,25,27). The lowest BCUT2D eigenvalue weighted by atomic mass is 10.1. The van der Waals surface area contributed by atoms with Crippen LogP contribution in [0.2, 0.25) is 0 Å². The van der Waals surface area contributed by atoms with Crippen molar-refractivity contribution in [1.82, 2.24) is 24.6 Å². The average Bonchev–Trinajstić information content (AvgIpc) is 3.15. The van der Waals surface area contributed by atoms with E-state index in [1.807, 2.05) is 30.3 Å². The number of piperazine rings is 1. The minimum Gasteiger partial charge on any atom is -0.343 e. The zero-order valence-corrected chi connectivity index (χ0v) is 18.3. The van der Waals surface area contributed by atoms with Crippen LogP contribution in [0, 0.1) is 5.92 Å². The van der Waals surface area contributed by atoms with Gasteiger partial charge in [0.2, 0.25) is 0 Å². The normalized spacial score (nSPS) is 15.7. The van der Waals surface area contributed by atoms with Gasteiger partial charge in [-0.05, 0) is 29.0 Å². The molecule has 3 heterocycles. The molecule has 6 heteroatoms. The van der Waals surface area contributed by atoms with Gasteiger partial charge in [-0.1, -0.05) is 32.6 Å². The summed E-state index contributed by atoms with van der Waals surface area (Å²) in [4.78, 5) is 9.60. The maximum atomic E-state index is 4.58. The number of rotatable bonds is 7. The van der Waals surface area contributed by atoms with E-state index in [-0.39, 0.29) is 0 Å². The minimum atomic E-state index is 0.728. The molecular weight excluding hydrogens is 372 g/mol. The second-order valence-corrected chi connectivity index (χ2v) is 8.73. The van der Waals surface area contributed by atoms with Crippen LogP contribution in [0.4, 0.5) is 5.82 Å². The van der Waals surface area contributed by atoms with Crippen LogP contribution < -0.4 is 5.32 Å². The van der Waals surface area contributed by atoms with Crippen LogP contribution >= 0.6 is 0 Å². The molecule has 1 fully saturated rings. The number of hydrogen-bond acceptors (Lipinski definition) is 5. The lowest BCUT2D eigenvalue weighted by Crippen LogP contribution is -2.48. The molecule has 158 valence electrons. The largest absolute Gasteiger partial charge is 0.343 e. The molecule has 1 aromatic carbocycles. The molecule has 1 N–H and O–H groups in total. The van der Waals surface area contributed by atoms with Gasteiger partial charge in [-0.2, -0.15) is 5.10 Å². The van der Waals surface area contributed by atoms with Gasteiger partial charge in [-0.25, -0.2) is 4.98 Å². The van der Waals surface area contributed by atoms with E-state index in [0.717, 1.165) is 72.1 Å². The topological polar surface area (TPSA) is 49.2 Å². The van der Waals surface area contributed by atoms with Gasteiger partial charge in [0, 0.05) is 75.4 Å². The number of benzene rings is 1. The SMILES string of the molecule is C=C(CN1CCN(CC(C)C)CC1)Nc1cc2cc(-c3cnn(C)c3)ccc2cn1. The Kier molecular flexibility index (Phi) is 6.16. The highest BCUT2D eigenvalue weighted by atomic mass is 15.3. The summed E-state index contributed by atoms with van der Waals surface area (Å²) in [6.07, 6.45) is 5.84. The Labute approximate surface area is 179 Å². The summed E-state index contributed by atoms with van der Waals surface area (Å²) in [7, 11) is 1.94. The molecule has 2 aromatic heterocycles. The zero-order valence-electron chi connectivity index (χ0n) is 18.3. The van der Waals surface area contributed by atoms with Gasteiger partial charge in [0.25, 0.3) is 0 Å². The Bertz CT molecular complexity index is 1010. The number of fused-ring (bicyclic) bond motifs is 1. The van der Waals surface area contributed by atoms with Crippen molar-refractivity contribution in [2.75, 3.05) is 44.6 Å². The molecule has 0 amide bonds. The average molecular weight is 405 g/mol. The fraction of sp³-hybridized carbons (Fsp3) is 0.417. The van der Waals surface area contributed by atoms with E-state index in [0.29, 0.717) is 0 Å². The fourth-order valence-electron chi connectivity index (χ4n) is 4.10. The lowest BCUT2D eigenvalue weighted by molar-refractivity contribution is 0.130. The first kappa shape index (κ1) is 20.6. The van der Waals surface area contributed by atoms with Crippen LogP contribution in [0.5, 0.6) is 0 Å². The summed E-state index contributed by atoms with van der Waals surface area (Å²) in [5, 5.41) is 9.97. The number of pyridine rings is 1. The quantitative estimate of drug-likeness (QED) is 0.648. The fourth-order valence-corrected chi connectivity index (χ4v) is 4.10. The van der Waals surface area contributed by atoms with Crippen molar-refractivity contribution in [3.63, 3.8) is 0 Å². The van der Waals surface area contributed by atoms with Crippen molar-refractivity contribution in [3.05, 3.63) is 55.1 Å². The third-order valence-electron chi connectivity index (χ3n) is 5.57. The van der Waals surface area contributed by atoms with Crippen LogP contribution in [0.15, 0.2) is 55.1 Å². The molecule has 3 aromatic rings. The second-order valence-electron chi connectivity index (χ2n) is 8.73. The van der Waals surface area contributed by atoms with Crippen LogP contribution in [0.1, 0.15) is 13.8 Å². The monoisotopic (exact) mass is 404 g/mol. The first-order chi connectivity index (χ1) is 14.5. The van der Waals surface area contributed by atoms with Crippen molar-refractivity contribution >= 4 is 16.6 Å². The minimum absolute atomic E-state index is 0.728. The number of aryl methyl sites for hydroxylation is 1. The molecule has 0 radical (unpaired) electrons. The molecule has 1 aliphatic rings. The first-order valence-corrected chi connectivity index (χ1v) is 10.7. The molecule has 0 atom stereocenters. The third kappa shape index (κ3) is 5.07. The summed E-state index contributed by atoms with van der Waals surface area (Å²) < 4.78 is 1.83. The third-order valence-corrected chi connectivity index (χ3v) is 5.57. The summed E-state index contributed by atoms with van der Waals surface area (Å²) in [5.74, 6) is 1.57. The van der Waals surface area contributed by atoms with Gasteiger partial charge >= 0.3 is 0 Å². The Hall–Kier alpha value is -2.70. The summed E-state index contributed by atoms with van der Waals surface area (Å²) >= 11 is 0. The summed E-state index contributed by atoms with van der Waals surface area (Å²) in [6, 6.07) is 8.52. The molecule has 0 saturated carbocycles. The van der Waals surface area contributed by atoms with Crippen LogP contribution in [0.25, 0.3) is 21.9 Å². The molecule has 0 spiro atoms. The highest BCUT2D eigenvalue weighted by Gasteiger charge is 2.18. The van der Waals surface area contributed by atoms with Gasteiger partial charge < -0.3 is 10.2 Å². The number of anilines is 1. The predicted molar refractivity (Wildman–Crippen MR) is 124 cm³/mol. The highest BCUT2D eigenvalue weighted by Crippen LogP contribution is 2.25. The Morgan fingerprint density at radius 2 is 1.80 bits per heavy atom. The second kappa shape index (κ2) is 8.98. The molecule has 1 saturated heterocycles. The summed E-state index contributed by atoms with van der Waals surface area (Å²) in [5.41, 5.74) is 3.26. The van der Waals surface area contributed by atoms with Crippen molar-refractivity contribution < 1.29 is 0 Å². The zero-order chi connectivity index (χ0) is 21.1. The molecule has 4 rings (SSSR count). The van der Waals surface area contributed by atoms with E-state index in [1.165, 1.54) is 6.54 Å². The van der Waals surface area contributed by atoms with E-state index in [9.17, 15) is 0 Å². The highest BCUT2D eigenvalue weighted by molar-refractivity contribution is 5.88. The Morgan fingerprint density at radius 3 is 2.50 bits per heavy atom. The molecule has 0 aliphatic carbocycles. The number of hydrogen-bond donors (Lipinski definition) is 1. The lowest BCUT2D eigenvalue weighted by Gasteiger charge is -2.35. The maximum absolute atomic E-state index is 4.58. The maximum Gasteiger partial charge on any atom is 0.130 e. The molecule has 0 unspecified atom stereocenters. The van der Waals surface area contributed by atoms with E-state index < -0.39 is 0 Å². The van der Waals surface area contributed by atoms with E-state index in [4.69, 9.17) is 0 Å². The van der Waals surface area contributed by atoms with Crippen molar-refractivity contribution in [1.29, 1.82) is 0 Å². The van der Waals surface area contributed by atoms with Crippen molar-refractivity contribution in [3.8, 4) is 11.1 Å². The van der Waals surface area contributed by atoms with Crippen LogP contribution in [-0.4, -0.2) is 63.8 Å². The van der Waals surface area contributed by atoms with Crippen LogP contribution in [0.3, 0.4) is 0 Å². The van der Waals surface area contributed by atoms with E-state index in [1.54, 1.807) is 0 Å². The van der Waals surface area contributed by atoms with Gasteiger partial charge in [0.15, 0.2) is 0 Å². The Balaban J connectivity index is 1.38. The smallest absolute Gasteiger partial charge is 0.130 e. The summed E-state index contributed by atoms with van der Waals surface area (Å²) in [6.45, 7) is 15.3. The molecule has 0 bridgehead atoms. The molecular formula is C24H32N6. The van der Waals surface area contributed by atoms with Gasteiger partial charge in [-0.3, -0.25) is 9.58 Å². The Morgan fingerprint density at radius 1 is 1.03 bits per heavy atom. The molecule has 1 aliphatic heterocycles. The number of nitrogens with zero attached hydrogens (tertiary/aromatic N) is 5. The van der Waals surface area contributed by atoms with Crippen molar-refractivity contribution in [2.24, 2.45) is 13.0 Å². The van der Waals surface area contributed by atoms with Gasteiger partial charge in [0.1, 0.15) is 5.82 Å². The van der Waals surface area contributed by atoms with Crippen molar-refractivity contribution in [2.45, 2.75) is 13.8 Å². The first-order valence-electron chi connectivity index (χ1n) is 10.7. The van der Waals surface area contributed by atoms with E-state index in [2.05, 4.69) is 69.9 Å². The number of aromatic nitrogens is 3. The molecule has 6 nitrogen and oxygen atoms in total. The number of nitrogens with one attached hydrogen (secondary N) is 1. The van der Waals surface area contributed by atoms with E-state index >= 15 is 0 Å². The molecule has 30 heavy (non-hydrogen) atoms. The van der Waals surface area contributed by atoms with Gasteiger partial charge in [-0.15, -0.1) is 0 Å². The predicted octanol–water partition coefficient (Wildman–Crippen LogP) is 3.83.